The van der Waals surface area contributed by atoms with E-state index in [0.29, 0.717) is 6.42 Å². The number of amides is 1. The number of hydrogen-bond acceptors (Lipinski definition) is 2. The van der Waals surface area contributed by atoms with Gasteiger partial charge in [-0.1, -0.05) is 23.8 Å². The first kappa shape index (κ1) is 11.6. The molecule has 0 heterocycles. The summed E-state index contributed by atoms with van der Waals surface area (Å²) in [7, 11) is 0. The van der Waals surface area contributed by atoms with E-state index in [-0.39, 0.29) is 5.91 Å². The third-order valence-corrected chi connectivity index (χ3v) is 3.15. The van der Waals surface area contributed by atoms with Crippen molar-refractivity contribution in [1.82, 2.24) is 5.32 Å². The Morgan fingerprint density at radius 1 is 1.41 bits per heavy atom. The summed E-state index contributed by atoms with van der Waals surface area (Å²) in [5.74, 6) is -1.62. The van der Waals surface area contributed by atoms with Gasteiger partial charge < -0.3 is 10.4 Å². The fraction of sp³-hybridized carbons (Fsp3) is 0.385. The number of carboxylic acids is 1. The number of carbonyl (C=O) groups is 2. The molecule has 1 amide bonds. The highest BCUT2D eigenvalue weighted by atomic mass is 16.4. The van der Waals surface area contributed by atoms with Gasteiger partial charge in [-0.3, -0.25) is 9.59 Å². The first-order valence-electron chi connectivity index (χ1n) is 5.58. The second-order valence-electron chi connectivity index (χ2n) is 4.53. The van der Waals surface area contributed by atoms with Crippen LogP contribution in [0, 0.1) is 12.8 Å². The summed E-state index contributed by atoms with van der Waals surface area (Å²) in [5, 5.41) is 11.9. The first-order valence-corrected chi connectivity index (χ1v) is 5.58. The Balaban J connectivity index is 2.40. The fourth-order valence-corrected chi connectivity index (χ4v) is 2.39. The number of aryl methyl sites for hydroxylation is 1. The highest BCUT2D eigenvalue weighted by Gasteiger charge is 2.37. The predicted molar refractivity (Wildman–Crippen MR) is 62.6 cm³/mol. The van der Waals surface area contributed by atoms with Gasteiger partial charge in [-0.05, 0) is 24.5 Å². The molecule has 2 atom stereocenters. The van der Waals surface area contributed by atoms with Crippen LogP contribution in [0.2, 0.25) is 0 Å². The summed E-state index contributed by atoms with van der Waals surface area (Å²) in [6.45, 7) is 3.37. The van der Waals surface area contributed by atoms with E-state index in [0.717, 1.165) is 16.7 Å². The van der Waals surface area contributed by atoms with Gasteiger partial charge in [0.25, 0.3) is 0 Å². The lowest BCUT2D eigenvalue weighted by Crippen LogP contribution is -2.33. The largest absolute Gasteiger partial charge is 0.481 e. The minimum Gasteiger partial charge on any atom is -0.481 e. The van der Waals surface area contributed by atoms with Crippen LogP contribution in [0.5, 0.6) is 0 Å². The molecule has 17 heavy (non-hydrogen) atoms. The van der Waals surface area contributed by atoms with Crippen LogP contribution in [0.3, 0.4) is 0 Å². The molecule has 1 aliphatic rings. The fourth-order valence-electron chi connectivity index (χ4n) is 2.39. The summed E-state index contributed by atoms with van der Waals surface area (Å²) < 4.78 is 0. The zero-order valence-electron chi connectivity index (χ0n) is 9.86. The van der Waals surface area contributed by atoms with E-state index in [2.05, 4.69) is 5.32 Å². The van der Waals surface area contributed by atoms with Gasteiger partial charge in [-0.15, -0.1) is 0 Å². The topological polar surface area (TPSA) is 66.4 Å². The Bertz CT molecular complexity index is 482. The SMILES string of the molecule is CC(=O)N[C@H]1c2cc(C)ccc2C[C@H]1C(=O)O. The Hall–Kier alpha value is -1.84. The molecular formula is C13H15NO3. The molecule has 90 valence electrons. The van der Waals surface area contributed by atoms with Crippen molar-refractivity contribution in [3.63, 3.8) is 0 Å². The van der Waals surface area contributed by atoms with Gasteiger partial charge in [0, 0.05) is 6.92 Å². The monoisotopic (exact) mass is 233 g/mol. The minimum absolute atomic E-state index is 0.199. The molecule has 4 nitrogen and oxygen atoms in total. The van der Waals surface area contributed by atoms with E-state index >= 15 is 0 Å². The van der Waals surface area contributed by atoms with E-state index in [4.69, 9.17) is 0 Å². The molecule has 0 fully saturated rings. The maximum absolute atomic E-state index is 11.2. The van der Waals surface area contributed by atoms with Crippen LogP contribution in [-0.2, 0) is 16.0 Å². The summed E-state index contributed by atoms with van der Waals surface area (Å²) in [6.07, 6.45) is 0.482. The average molecular weight is 233 g/mol. The van der Waals surface area contributed by atoms with Crippen LogP contribution < -0.4 is 5.32 Å². The molecule has 0 saturated heterocycles. The van der Waals surface area contributed by atoms with Crippen molar-refractivity contribution in [1.29, 1.82) is 0 Å². The third kappa shape index (κ3) is 2.16. The zero-order chi connectivity index (χ0) is 12.6. The number of carboxylic acid groups (broad SMARTS) is 1. The number of hydrogen-bond donors (Lipinski definition) is 2. The van der Waals surface area contributed by atoms with Gasteiger partial charge in [0.1, 0.15) is 0 Å². The molecule has 0 unspecified atom stereocenters. The number of aliphatic carboxylic acids is 1. The van der Waals surface area contributed by atoms with Gasteiger partial charge in [-0.2, -0.15) is 0 Å². The smallest absolute Gasteiger partial charge is 0.309 e. The second-order valence-corrected chi connectivity index (χ2v) is 4.53. The van der Waals surface area contributed by atoms with E-state index < -0.39 is 17.9 Å². The number of benzene rings is 1. The number of rotatable bonds is 2. The quantitative estimate of drug-likeness (QED) is 0.812. The molecule has 1 aromatic carbocycles. The van der Waals surface area contributed by atoms with E-state index in [1.807, 2.05) is 25.1 Å². The second kappa shape index (κ2) is 4.20. The summed E-state index contributed by atoms with van der Waals surface area (Å²) in [4.78, 5) is 22.4. The number of carbonyl (C=O) groups excluding carboxylic acids is 1. The van der Waals surface area contributed by atoms with Crippen molar-refractivity contribution in [2.45, 2.75) is 26.3 Å². The molecule has 0 radical (unpaired) electrons. The molecule has 1 aliphatic carbocycles. The van der Waals surface area contributed by atoms with E-state index in [1.54, 1.807) is 0 Å². The molecule has 0 saturated carbocycles. The molecule has 0 aliphatic heterocycles. The van der Waals surface area contributed by atoms with Gasteiger partial charge in [-0.25, -0.2) is 0 Å². The molecule has 2 rings (SSSR count). The average Bonchev–Trinajstić information content (AvgIpc) is 2.56. The van der Waals surface area contributed by atoms with E-state index in [9.17, 15) is 14.7 Å². The van der Waals surface area contributed by atoms with Crippen molar-refractivity contribution in [2.75, 3.05) is 0 Å². The Labute approximate surface area is 99.6 Å². The van der Waals surface area contributed by atoms with Crippen LogP contribution in [0.15, 0.2) is 18.2 Å². The van der Waals surface area contributed by atoms with Crippen molar-refractivity contribution in [3.05, 3.63) is 34.9 Å². The van der Waals surface area contributed by atoms with Crippen molar-refractivity contribution >= 4 is 11.9 Å². The Morgan fingerprint density at radius 2 is 2.12 bits per heavy atom. The van der Waals surface area contributed by atoms with Crippen LogP contribution in [-0.4, -0.2) is 17.0 Å². The van der Waals surface area contributed by atoms with Gasteiger partial charge >= 0.3 is 5.97 Å². The van der Waals surface area contributed by atoms with Crippen molar-refractivity contribution < 1.29 is 14.7 Å². The molecule has 4 heteroatoms. The molecule has 0 spiro atoms. The minimum atomic E-state index is -0.863. The van der Waals surface area contributed by atoms with Gasteiger partial charge in [0.2, 0.25) is 5.91 Å². The maximum Gasteiger partial charge on any atom is 0.309 e. The number of fused-ring (bicyclic) bond motifs is 1. The highest BCUT2D eigenvalue weighted by molar-refractivity contribution is 5.78. The Morgan fingerprint density at radius 3 is 2.71 bits per heavy atom. The third-order valence-electron chi connectivity index (χ3n) is 3.15. The number of nitrogens with one attached hydrogen (secondary N) is 1. The van der Waals surface area contributed by atoms with Gasteiger partial charge in [0.15, 0.2) is 0 Å². The molecule has 2 N–H and O–H groups in total. The highest BCUT2D eigenvalue weighted by Crippen LogP contribution is 2.36. The Kier molecular flexibility index (Phi) is 2.88. The zero-order valence-corrected chi connectivity index (χ0v) is 9.86. The first-order chi connectivity index (χ1) is 7.99. The lowest BCUT2D eigenvalue weighted by molar-refractivity contribution is -0.142. The lowest BCUT2D eigenvalue weighted by Gasteiger charge is -2.18. The standard InChI is InChI=1S/C13H15NO3/c1-7-3-4-9-6-11(13(16)17)12(10(9)5-7)14-8(2)15/h3-5,11-12H,6H2,1-2H3,(H,14,15)(H,16,17)/t11-,12+/m1/s1. The lowest BCUT2D eigenvalue weighted by atomic mass is 10.00. The van der Waals surface area contributed by atoms with Crippen LogP contribution in [0.25, 0.3) is 0 Å². The van der Waals surface area contributed by atoms with Crippen molar-refractivity contribution in [3.8, 4) is 0 Å². The van der Waals surface area contributed by atoms with Crippen LogP contribution in [0.4, 0.5) is 0 Å². The summed E-state index contributed by atoms with van der Waals surface area (Å²) in [6, 6.07) is 5.47. The van der Waals surface area contributed by atoms with Crippen LogP contribution in [0.1, 0.15) is 29.7 Å². The molecular weight excluding hydrogens is 218 g/mol. The molecule has 0 bridgehead atoms. The van der Waals surface area contributed by atoms with Gasteiger partial charge in [0.05, 0.1) is 12.0 Å². The summed E-state index contributed by atoms with van der Waals surface area (Å²) >= 11 is 0. The van der Waals surface area contributed by atoms with Crippen LogP contribution >= 0.6 is 0 Å². The molecule has 1 aromatic rings. The van der Waals surface area contributed by atoms with E-state index in [1.165, 1.54) is 6.92 Å². The predicted octanol–water partition coefficient (Wildman–Crippen LogP) is 1.43. The molecule has 0 aromatic heterocycles. The normalized spacial score (nSPS) is 22.0. The summed E-state index contributed by atoms with van der Waals surface area (Å²) in [5.41, 5.74) is 3.03. The maximum atomic E-state index is 11.2. The van der Waals surface area contributed by atoms with Crippen molar-refractivity contribution in [2.24, 2.45) is 5.92 Å².